The number of nitrogens with one attached hydrogen (secondary N) is 3. The van der Waals surface area contributed by atoms with Crippen LogP contribution in [0, 0.1) is 0 Å². The molecule has 4 rings (SSSR count). The lowest BCUT2D eigenvalue weighted by atomic mass is 10.0. The predicted octanol–water partition coefficient (Wildman–Crippen LogP) is 3.78. The summed E-state index contributed by atoms with van der Waals surface area (Å²) in [6.45, 7) is 2.41. The van der Waals surface area contributed by atoms with E-state index in [1.807, 2.05) is 55.5 Å². The number of aliphatic hydroxyl groups excluding tert-OH is 1. The summed E-state index contributed by atoms with van der Waals surface area (Å²) in [5.41, 5.74) is 3.35. The van der Waals surface area contributed by atoms with Gasteiger partial charge in [0.05, 0.1) is 18.8 Å². The zero-order valence-corrected chi connectivity index (χ0v) is 19.0. The topological polar surface area (TPSA) is 121 Å². The van der Waals surface area contributed by atoms with Gasteiger partial charge in [0.25, 0.3) is 0 Å². The smallest absolute Gasteiger partial charge is 0.319 e. The van der Waals surface area contributed by atoms with Crippen LogP contribution >= 0.6 is 11.8 Å². The predicted molar refractivity (Wildman–Crippen MR) is 125 cm³/mol. The SMILES string of the molecule is CCNC(=O)Nc1cccc(C2OC(CSc3ncn[nH]3)CC(c3ccc(CO)cc3)O2)c1. The molecule has 3 unspecified atom stereocenters. The van der Waals surface area contributed by atoms with Gasteiger partial charge in [0.15, 0.2) is 11.4 Å². The lowest BCUT2D eigenvalue weighted by molar-refractivity contribution is -0.245. The van der Waals surface area contributed by atoms with Crippen molar-refractivity contribution in [2.24, 2.45) is 0 Å². The monoisotopic (exact) mass is 469 g/mol. The van der Waals surface area contributed by atoms with Crippen LogP contribution < -0.4 is 10.6 Å². The van der Waals surface area contributed by atoms with E-state index in [9.17, 15) is 9.90 Å². The van der Waals surface area contributed by atoms with Crippen molar-refractivity contribution in [3.63, 3.8) is 0 Å². The van der Waals surface area contributed by atoms with Crippen LogP contribution in [-0.2, 0) is 16.1 Å². The summed E-state index contributed by atoms with van der Waals surface area (Å²) in [5.74, 6) is 0.678. The number of carbonyl (C=O) groups excluding carboxylic acids is 1. The Morgan fingerprint density at radius 2 is 2.06 bits per heavy atom. The van der Waals surface area contributed by atoms with Gasteiger partial charge < -0.3 is 25.2 Å². The number of carbonyl (C=O) groups is 1. The number of H-pyrrole nitrogens is 1. The maximum atomic E-state index is 11.9. The van der Waals surface area contributed by atoms with E-state index in [0.717, 1.165) is 21.8 Å². The second-order valence-electron chi connectivity index (χ2n) is 7.56. The highest BCUT2D eigenvalue weighted by Crippen LogP contribution is 2.39. The minimum atomic E-state index is -0.599. The molecule has 4 N–H and O–H groups in total. The van der Waals surface area contributed by atoms with Gasteiger partial charge in [-0.3, -0.25) is 5.10 Å². The van der Waals surface area contributed by atoms with Crippen molar-refractivity contribution in [2.75, 3.05) is 17.6 Å². The molecule has 2 aromatic carbocycles. The molecular formula is C23H27N5O4S. The molecule has 1 aromatic heterocycles. The Hall–Kier alpha value is -2.92. The summed E-state index contributed by atoms with van der Waals surface area (Å²) in [6.07, 6.45) is 1.28. The number of hydrogen-bond donors (Lipinski definition) is 4. The highest BCUT2D eigenvalue weighted by molar-refractivity contribution is 7.99. The Morgan fingerprint density at radius 1 is 1.21 bits per heavy atom. The summed E-state index contributed by atoms with van der Waals surface area (Å²) >= 11 is 1.54. The molecule has 10 heteroatoms. The van der Waals surface area contributed by atoms with E-state index in [4.69, 9.17) is 9.47 Å². The zero-order chi connectivity index (χ0) is 23.0. The molecule has 0 aliphatic carbocycles. The van der Waals surface area contributed by atoms with Crippen LogP contribution in [0.25, 0.3) is 0 Å². The van der Waals surface area contributed by atoms with Crippen molar-refractivity contribution in [3.8, 4) is 0 Å². The number of hydrogen-bond acceptors (Lipinski definition) is 7. The lowest BCUT2D eigenvalue weighted by Crippen LogP contribution is -2.31. The molecule has 9 nitrogen and oxygen atoms in total. The van der Waals surface area contributed by atoms with E-state index in [0.29, 0.717) is 24.4 Å². The van der Waals surface area contributed by atoms with Gasteiger partial charge in [-0.15, -0.1) is 0 Å². The van der Waals surface area contributed by atoms with Gasteiger partial charge in [-0.2, -0.15) is 5.10 Å². The molecule has 0 bridgehead atoms. The molecule has 2 amide bonds. The Labute approximate surface area is 196 Å². The number of aromatic amines is 1. The van der Waals surface area contributed by atoms with Crippen molar-refractivity contribution < 1.29 is 19.4 Å². The van der Waals surface area contributed by atoms with Gasteiger partial charge in [-0.25, -0.2) is 9.78 Å². The molecule has 0 saturated carbocycles. The number of thioether (sulfide) groups is 1. The number of anilines is 1. The first kappa shape index (κ1) is 23.2. The van der Waals surface area contributed by atoms with Gasteiger partial charge >= 0.3 is 6.03 Å². The second kappa shape index (κ2) is 11.3. The third-order valence-electron chi connectivity index (χ3n) is 5.17. The Morgan fingerprint density at radius 3 is 2.79 bits per heavy atom. The molecule has 1 saturated heterocycles. The van der Waals surface area contributed by atoms with Crippen molar-refractivity contribution in [3.05, 3.63) is 71.5 Å². The summed E-state index contributed by atoms with van der Waals surface area (Å²) in [6, 6.07) is 15.0. The van der Waals surface area contributed by atoms with E-state index in [2.05, 4.69) is 25.8 Å². The van der Waals surface area contributed by atoms with Gasteiger partial charge in [0.1, 0.15) is 6.33 Å². The van der Waals surface area contributed by atoms with Crippen LogP contribution in [0.3, 0.4) is 0 Å². The minimum absolute atomic E-state index is 0.000607. The number of benzene rings is 2. The fourth-order valence-electron chi connectivity index (χ4n) is 3.56. The average molecular weight is 470 g/mol. The van der Waals surface area contributed by atoms with Crippen molar-refractivity contribution in [1.82, 2.24) is 20.5 Å². The molecule has 174 valence electrons. The third kappa shape index (κ3) is 6.32. The summed E-state index contributed by atoms with van der Waals surface area (Å²) in [7, 11) is 0. The van der Waals surface area contributed by atoms with Gasteiger partial charge in [-0.1, -0.05) is 48.2 Å². The zero-order valence-electron chi connectivity index (χ0n) is 18.2. The molecular weight excluding hydrogens is 442 g/mol. The largest absolute Gasteiger partial charge is 0.392 e. The number of rotatable bonds is 8. The van der Waals surface area contributed by atoms with Crippen LogP contribution in [0.4, 0.5) is 10.5 Å². The van der Waals surface area contributed by atoms with Gasteiger partial charge in [0, 0.05) is 30.0 Å². The molecule has 2 heterocycles. The van der Waals surface area contributed by atoms with Crippen LogP contribution in [0.5, 0.6) is 0 Å². The second-order valence-corrected chi connectivity index (χ2v) is 8.57. The third-order valence-corrected chi connectivity index (χ3v) is 6.18. The first-order valence-corrected chi connectivity index (χ1v) is 11.8. The molecule has 1 aliphatic rings. The molecule has 0 radical (unpaired) electrons. The number of amides is 2. The number of nitrogens with zero attached hydrogens (tertiary/aromatic N) is 2. The Bertz CT molecular complexity index is 1030. The molecule has 1 fully saturated rings. The van der Waals surface area contributed by atoms with E-state index < -0.39 is 6.29 Å². The van der Waals surface area contributed by atoms with Crippen molar-refractivity contribution in [2.45, 2.75) is 43.6 Å². The Kier molecular flexibility index (Phi) is 7.95. The molecule has 33 heavy (non-hydrogen) atoms. The summed E-state index contributed by atoms with van der Waals surface area (Å²) < 4.78 is 12.7. The highest BCUT2D eigenvalue weighted by atomic mass is 32.2. The lowest BCUT2D eigenvalue weighted by Gasteiger charge is -2.36. The van der Waals surface area contributed by atoms with Crippen LogP contribution in [0.15, 0.2) is 60.0 Å². The Balaban J connectivity index is 1.53. The fraction of sp³-hybridized carbons (Fsp3) is 0.348. The van der Waals surface area contributed by atoms with Crippen LogP contribution in [0.1, 0.15) is 42.4 Å². The van der Waals surface area contributed by atoms with Gasteiger partial charge in [0.2, 0.25) is 0 Å². The first-order chi connectivity index (χ1) is 16.1. The van der Waals surface area contributed by atoms with Crippen molar-refractivity contribution in [1.29, 1.82) is 0 Å². The maximum Gasteiger partial charge on any atom is 0.319 e. The number of aromatic nitrogens is 3. The van der Waals surface area contributed by atoms with E-state index >= 15 is 0 Å². The first-order valence-electron chi connectivity index (χ1n) is 10.8. The highest BCUT2D eigenvalue weighted by Gasteiger charge is 2.32. The molecule has 3 aromatic rings. The van der Waals surface area contributed by atoms with Crippen LogP contribution in [0.2, 0.25) is 0 Å². The van der Waals surface area contributed by atoms with E-state index in [1.165, 1.54) is 6.33 Å². The maximum absolute atomic E-state index is 11.9. The van der Waals surface area contributed by atoms with E-state index in [-0.39, 0.29) is 24.8 Å². The number of urea groups is 1. The van der Waals surface area contributed by atoms with E-state index in [1.54, 1.807) is 11.8 Å². The quantitative estimate of drug-likeness (QED) is 0.371. The van der Waals surface area contributed by atoms with Gasteiger partial charge in [-0.05, 0) is 30.2 Å². The average Bonchev–Trinajstić information content (AvgIpc) is 3.37. The molecule has 0 spiro atoms. The molecule has 3 atom stereocenters. The van der Waals surface area contributed by atoms with Crippen molar-refractivity contribution >= 4 is 23.5 Å². The normalized spacial score (nSPS) is 20.4. The summed E-state index contributed by atoms with van der Waals surface area (Å²) in [4.78, 5) is 16.1. The minimum Gasteiger partial charge on any atom is -0.392 e. The fourth-order valence-corrected chi connectivity index (χ4v) is 4.35. The standard InChI is InChI=1S/C23H27N5O4S/c1-2-24-22(30)27-18-5-3-4-17(10-18)21-31-19(13-33-23-25-14-26-28-23)11-20(32-21)16-8-6-15(12-29)7-9-16/h3-10,14,19-21,29H,2,11-13H2,1H3,(H2,24,27,30)(H,25,26,28). The number of aliphatic hydroxyl groups is 1. The summed E-state index contributed by atoms with van der Waals surface area (Å²) in [5, 5.41) is 22.4. The van der Waals surface area contributed by atoms with Crippen LogP contribution in [-0.4, -0.2) is 44.7 Å². The molecule has 1 aliphatic heterocycles. The number of ether oxygens (including phenoxy) is 2.